The summed E-state index contributed by atoms with van der Waals surface area (Å²) in [6.45, 7) is 10.8. The average molecular weight is 385 g/mol. The molecule has 7 heteroatoms. The molecule has 0 saturated carbocycles. The number of nitrogens with one attached hydrogen (secondary N) is 2. The zero-order chi connectivity index (χ0) is 19.8. The van der Waals surface area contributed by atoms with E-state index < -0.39 is 0 Å². The number of aromatic nitrogens is 1. The highest BCUT2D eigenvalue weighted by atomic mass is 16.4. The summed E-state index contributed by atoms with van der Waals surface area (Å²) in [5, 5.41) is 6.62. The zero-order valence-corrected chi connectivity index (χ0v) is 17.2. The maximum Gasteiger partial charge on any atom is 0.214 e. The fraction of sp³-hybridized carbons (Fsp3) is 0.524. The number of benzene rings is 1. The number of nitrogens with zero attached hydrogens (tertiary/aromatic N) is 4. The number of hydrogen-bond acceptors (Lipinski definition) is 5. The molecule has 0 aliphatic carbocycles. The van der Waals surface area contributed by atoms with E-state index in [-0.39, 0.29) is 0 Å². The second kappa shape index (κ2) is 10.1. The van der Waals surface area contributed by atoms with Crippen LogP contribution in [0.2, 0.25) is 0 Å². The molecule has 2 heterocycles. The number of rotatable bonds is 7. The highest BCUT2D eigenvalue weighted by Gasteiger charge is 2.16. The first-order valence-electron chi connectivity index (χ1n) is 10.1. The van der Waals surface area contributed by atoms with Crippen molar-refractivity contribution in [1.29, 1.82) is 0 Å². The van der Waals surface area contributed by atoms with Crippen LogP contribution in [0.1, 0.15) is 23.8 Å². The number of para-hydroxylation sites is 1. The number of oxazole rings is 1. The van der Waals surface area contributed by atoms with Crippen LogP contribution in [-0.4, -0.2) is 62.2 Å². The van der Waals surface area contributed by atoms with Crippen LogP contribution in [-0.2, 0) is 6.54 Å². The van der Waals surface area contributed by atoms with Crippen LogP contribution < -0.4 is 15.5 Å². The van der Waals surface area contributed by atoms with Gasteiger partial charge in [0.1, 0.15) is 5.76 Å². The molecule has 0 amide bonds. The molecule has 0 unspecified atom stereocenters. The van der Waals surface area contributed by atoms with Crippen LogP contribution in [0, 0.1) is 13.8 Å². The van der Waals surface area contributed by atoms with E-state index in [4.69, 9.17) is 4.42 Å². The summed E-state index contributed by atoms with van der Waals surface area (Å²) in [6, 6.07) is 10.7. The Hall–Kier alpha value is -2.54. The van der Waals surface area contributed by atoms with Crippen molar-refractivity contribution < 1.29 is 4.42 Å². The monoisotopic (exact) mass is 384 g/mol. The molecule has 1 aromatic carbocycles. The number of anilines is 1. The summed E-state index contributed by atoms with van der Waals surface area (Å²) in [6.07, 6.45) is 1.09. The van der Waals surface area contributed by atoms with Gasteiger partial charge in [-0.1, -0.05) is 18.2 Å². The standard InChI is InChI=1S/C21H32N6O/c1-17-18(2)28-20(25-17)16-24-21(22-3)23-10-7-11-26-12-14-27(15-13-26)19-8-5-4-6-9-19/h4-6,8-9H,7,10-16H2,1-3H3,(H2,22,23,24). The van der Waals surface area contributed by atoms with Gasteiger partial charge in [-0.15, -0.1) is 0 Å². The van der Waals surface area contributed by atoms with Gasteiger partial charge in [-0.05, 0) is 38.9 Å². The highest BCUT2D eigenvalue weighted by molar-refractivity contribution is 5.79. The Morgan fingerprint density at radius 3 is 2.50 bits per heavy atom. The maximum absolute atomic E-state index is 5.59. The molecule has 1 saturated heterocycles. The predicted molar refractivity (Wildman–Crippen MR) is 114 cm³/mol. The molecule has 0 radical (unpaired) electrons. The summed E-state index contributed by atoms with van der Waals surface area (Å²) >= 11 is 0. The lowest BCUT2D eigenvalue weighted by Gasteiger charge is -2.36. The third kappa shape index (κ3) is 5.73. The molecular formula is C21H32N6O. The largest absolute Gasteiger partial charge is 0.444 e. The molecule has 0 atom stereocenters. The van der Waals surface area contributed by atoms with Gasteiger partial charge in [-0.2, -0.15) is 0 Å². The summed E-state index contributed by atoms with van der Waals surface area (Å²) < 4.78 is 5.59. The molecule has 28 heavy (non-hydrogen) atoms. The maximum atomic E-state index is 5.59. The molecule has 1 aromatic heterocycles. The normalized spacial score (nSPS) is 15.7. The molecule has 152 valence electrons. The number of hydrogen-bond donors (Lipinski definition) is 2. The van der Waals surface area contributed by atoms with Crippen LogP contribution in [0.25, 0.3) is 0 Å². The predicted octanol–water partition coefficient (Wildman–Crippen LogP) is 2.17. The molecule has 1 aliphatic rings. The van der Waals surface area contributed by atoms with Gasteiger partial charge in [0.05, 0.1) is 12.2 Å². The molecule has 7 nitrogen and oxygen atoms in total. The van der Waals surface area contributed by atoms with Gasteiger partial charge in [-0.25, -0.2) is 4.98 Å². The Morgan fingerprint density at radius 2 is 1.86 bits per heavy atom. The van der Waals surface area contributed by atoms with Gasteiger partial charge in [0.15, 0.2) is 5.96 Å². The first-order valence-corrected chi connectivity index (χ1v) is 10.1. The SMILES string of the molecule is CN=C(NCCCN1CCN(c2ccccc2)CC1)NCc1nc(C)c(C)o1. The lowest BCUT2D eigenvalue weighted by molar-refractivity contribution is 0.255. The summed E-state index contributed by atoms with van der Waals surface area (Å²) in [7, 11) is 1.78. The summed E-state index contributed by atoms with van der Waals surface area (Å²) in [5.74, 6) is 2.34. The second-order valence-electron chi connectivity index (χ2n) is 7.12. The number of aliphatic imine (C=N–C) groups is 1. The van der Waals surface area contributed by atoms with Crippen molar-refractivity contribution in [2.45, 2.75) is 26.8 Å². The third-order valence-corrected chi connectivity index (χ3v) is 5.14. The minimum atomic E-state index is 0.537. The molecular weight excluding hydrogens is 352 g/mol. The molecule has 2 N–H and O–H groups in total. The Labute approximate surface area is 167 Å². The number of aryl methyl sites for hydroxylation is 2. The molecule has 3 rings (SSSR count). The van der Waals surface area contributed by atoms with Crippen molar-refractivity contribution in [1.82, 2.24) is 20.5 Å². The zero-order valence-electron chi connectivity index (χ0n) is 17.2. The van der Waals surface area contributed by atoms with E-state index in [2.05, 4.69) is 60.7 Å². The van der Waals surface area contributed by atoms with Gasteiger partial charge >= 0.3 is 0 Å². The summed E-state index contributed by atoms with van der Waals surface area (Å²) in [4.78, 5) is 13.6. The van der Waals surface area contributed by atoms with Crippen molar-refractivity contribution in [3.63, 3.8) is 0 Å². The van der Waals surface area contributed by atoms with E-state index in [1.807, 2.05) is 13.8 Å². The van der Waals surface area contributed by atoms with Crippen molar-refractivity contribution in [3.05, 3.63) is 47.7 Å². The van der Waals surface area contributed by atoms with E-state index in [0.717, 1.165) is 63.1 Å². The molecule has 0 spiro atoms. The second-order valence-corrected chi connectivity index (χ2v) is 7.12. The van der Waals surface area contributed by atoms with Crippen LogP contribution in [0.5, 0.6) is 0 Å². The Kier molecular flexibility index (Phi) is 7.31. The van der Waals surface area contributed by atoms with Crippen LogP contribution >= 0.6 is 0 Å². The lowest BCUT2D eigenvalue weighted by atomic mass is 10.2. The van der Waals surface area contributed by atoms with Crippen LogP contribution in [0.15, 0.2) is 39.7 Å². The van der Waals surface area contributed by atoms with E-state index in [9.17, 15) is 0 Å². The van der Waals surface area contributed by atoms with E-state index in [0.29, 0.717) is 12.4 Å². The van der Waals surface area contributed by atoms with Gasteiger partial charge in [0.25, 0.3) is 0 Å². The molecule has 1 aliphatic heterocycles. The molecule has 0 bridgehead atoms. The number of piperazine rings is 1. The number of guanidine groups is 1. The Balaban J connectivity index is 1.30. The fourth-order valence-corrected chi connectivity index (χ4v) is 3.37. The summed E-state index contributed by atoms with van der Waals surface area (Å²) in [5.41, 5.74) is 2.27. The van der Waals surface area contributed by atoms with Crippen LogP contribution in [0.3, 0.4) is 0 Å². The van der Waals surface area contributed by atoms with Crippen molar-refractivity contribution in [2.75, 3.05) is 51.2 Å². The highest BCUT2D eigenvalue weighted by Crippen LogP contribution is 2.15. The van der Waals surface area contributed by atoms with Gasteiger partial charge in [-0.3, -0.25) is 9.89 Å². The fourth-order valence-electron chi connectivity index (χ4n) is 3.37. The van der Waals surface area contributed by atoms with Gasteiger partial charge < -0.3 is 20.0 Å². The topological polar surface area (TPSA) is 68.9 Å². The van der Waals surface area contributed by atoms with E-state index in [1.165, 1.54) is 5.69 Å². The third-order valence-electron chi connectivity index (χ3n) is 5.14. The molecule has 2 aromatic rings. The van der Waals surface area contributed by atoms with Crippen molar-refractivity contribution in [2.24, 2.45) is 4.99 Å². The quantitative estimate of drug-likeness (QED) is 0.433. The van der Waals surface area contributed by atoms with E-state index >= 15 is 0 Å². The van der Waals surface area contributed by atoms with Crippen LogP contribution in [0.4, 0.5) is 5.69 Å². The van der Waals surface area contributed by atoms with Crippen molar-refractivity contribution in [3.8, 4) is 0 Å². The van der Waals surface area contributed by atoms with Gasteiger partial charge in [0, 0.05) is 45.5 Å². The minimum absolute atomic E-state index is 0.537. The average Bonchev–Trinajstić information content (AvgIpc) is 3.06. The lowest BCUT2D eigenvalue weighted by Crippen LogP contribution is -2.47. The van der Waals surface area contributed by atoms with Gasteiger partial charge in [0.2, 0.25) is 5.89 Å². The first kappa shape index (κ1) is 20.2. The smallest absolute Gasteiger partial charge is 0.214 e. The van der Waals surface area contributed by atoms with Crippen molar-refractivity contribution >= 4 is 11.6 Å². The Bertz CT molecular complexity index is 730. The molecule has 1 fully saturated rings. The Morgan fingerprint density at radius 1 is 1.11 bits per heavy atom. The first-order chi connectivity index (χ1) is 13.7. The minimum Gasteiger partial charge on any atom is -0.444 e. The van der Waals surface area contributed by atoms with E-state index in [1.54, 1.807) is 7.05 Å².